The number of carbonyl (C=O) groups is 1. The number of nitro benzene ring substituents is 1. The Balaban J connectivity index is 1.36. The van der Waals surface area contributed by atoms with E-state index < -0.39 is 4.92 Å². The van der Waals surface area contributed by atoms with E-state index in [9.17, 15) is 14.9 Å². The number of benzene rings is 1. The number of amides is 1. The first-order chi connectivity index (χ1) is 11.1. The average Bonchev–Trinajstić information content (AvgIpc) is 3.13. The summed E-state index contributed by atoms with van der Waals surface area (Å²) in [5, 5.41) is 17.2. The zero-order valence-corrected chi connectivity index (χ0v) is 13.0. The second-order valence-corrected chi connectivity index (χ2v) is 6.31. The van der Waals surface area contributed by atoms with E-state index in [1.54, 1.807) is 12.1 Å². The number of non-ortho nitro benzene ring substituents is 1. The third-order valence-corrected chi connectivity index (χ3v) is 4.72. The average molecular weight is 318 g/mol. The van der Waals surface area contributed by atoms with Gasteiger partial charge in [0.05, 0.1) is 4.92 Å². The minimum atomic E-state index is -0.413. The van der Waals surface area contributed by atoms with E-state index >= 15 is 0 Å². The Morgan fingerprint density at radius 3 is 2.52 bits per heavy atom. The first kappa shape index (κ1) is 15.7. The molecule has 2 N–H and O–H groups in total. The number of anilines is 1. The van der Waals surface area contributed by atoms with Crippen LogP contribution in [-0.4, -0.2) is 48.5 Å². The van der Waals surface area contributed by atoms with Crippen LogP contribution in [0.1, 0.15) is 12.8 Å². The zero-order chi connectivity index (χ0) is 16.2. The number of rotatable bonds is 6. The number of hydrogen-bond donors (Lipinski definition) is 2. The fourth-order valence-electron chi connectivity index (χ4n) is 3.39. The van der Waals surface area contributed by atoms with E-state index in [0.29, 0.717) is 24.8 Å². The minimum Gasteiger partial charge on any atom is -0.385 e. The number of fused-ring (bicyclic) bond motifs is 1. The summed E-state index contributed by atoms with van der Waals surface area (Å²) in [7, 11) is 0. The van der Waals surface area contributed by atoms with Crippen molar-refractivity contribution in [3.8, 4) is 0 Å². The Bertz CT molecular complexity index is 563. The lowest BCUT2D eigenvalue weighted by Gasteiger charge is -2.17. The molecule has 2 fully saturated rings. The number of nitrogens with one attached hydrogen (secondary N) is 2. The summed E-state index contributed by atoms with van der Waals surface area (Å²) in [6.45, 7) is 4.55. The van der Waals surface area contributed by atoms with Gasteiger partial charge in [0.15, 0.2) is 0 Å². The van der Waals surface area contributed by atoms with Crippen LogP contribution >= 0.6 is 0 Å². The second kappa shape index (κ2) is 6.95. The molecule has 0 unspecified atom stereocenters. The van der Waals surface area contributed by atoms with Crippen molar-refractivity contribution in [3.05, 3.63) is 34.4 Å². The van der Waals surface area contributed by atoms with Gasteiger partial charge in [-0.25, -0.2) is 0 Å². The molecule has 2 saturated heterocycles. The molecule has 2 heterocycles. The largest absolute Gasteiger partial charge is 0.385 e. The van der Waals surface area contributed by atoms with Crippen LogP contribution in [-0.2, 0) is 4.79 Å². The van der Waals surface area contributed by atoms with Gasteiger partial charge in [-0.05, 0) is 30.4 Å². The molecule has 3 rings (SSSR count). The molecule has 124 valence electrons. The van der Waals surface area contributed by atoms with E-state index in [1.807, 2.05) is 4.90 Å². The molecule has 1 aromatic rings. The lowest BCUT2D eigenvalue weighted by molar-refractivity contribution is -0.384. The predicted molar refractivity (Wildman–Crippen MR) is 87.2 cm³/mol. The molecular weight excluding hydrogens is 296 g/mol. The van der Waals surface area contributed by atoms with Gasteiger partial charge in [-0.1, -0.05) is 0 Å². The van der Waals surface area contributed by atoms with Crippen molar-refractivity contribution < 1.29 is 9.72 Å². The predicted octanol–water partition coefficient (Wildman–Crippen LogP) is 1.46. The highest BCUT2D eigenvalue weighted by Crippen LogP contribution is 2.26. The molecule has 2 aliphatic rings. The summed E-state index contributed by atoms with van der Waals surface area (Å²) in [4.78, 5) is 24.4. The monoisotopic (exact) mass is 318 g/mol. The van der Waals surface area contributed by atoms with E-state index in [2.05, 4.69) is 10.6 Å². The van der Waals surface area contributed by atoms with Gasteiger partial charge in [-0.2, -0.15) is 0 Å². The summed E-state index contributed by atoms with van der Waals surface area (Å²) in [5.74, 6) is 1.51. The van der Waals surface area contributed by atoms with Gasteiger partial charge >= 0.3 is 0 Å². The molecule has 0 bridgehead atoms. The Morgan fingerprint density at radius 1 is 1.26 bits per heavy atom. The van der Waals surface area contributed by atoms with Gasteiger partial charge < -0.3 is 15.5 Å². The molecular formula is C16H22N4O3. The fraction of sp³-hybridized carbons (Fsp3) is 0.562. The molecule has 2 atom stereocenters. The molecule has 23 heavy (non-hydrogen) atoms. The van der Waals surface area contributed by atoms with Crippen LogP contribution in [0.2, 0.25) is 0 Å². The molecule has 0 radical (unpaired) electrons. The Hall–Kier alpha value is -2.15. The van der Waals surface area contributed by atoms with Gasteiger partial charge in [0.25, 0.3) is 5.69 Å². The maximum absolute atomic E-state index is 12.2. The normalized spacial score (nSPS) is 22.9. The van der Waals surface area contributed by atoms with Crippen LogP contribution in [0.3, 0.4) is 0 Å². The number of likely N-dealkylation sites (tertiary alicyclic amines) is 1. The van der Waals surface area contributed by atoms with Gasteiger partial charge in [0.1, 0.15) is 0 Å². The molecule has 1 aromatic carbocycles. The molecule has 7 heteroatoms. The molecule has 0 aromatic heterocycles. The summed E-state index contributed by atoms with van der Waals surface area (Å²) in [6.07, 6.45) is 1.31. The van der Waals surface area contributed by atoms with Crippen LogP contribution in [0.25, 0.3) is 0 Å². The van der Waals surface area contributed by atoms with Crippen LogP contribution in [0, 0.1) is 22.0 Å². The van der Waals surface area contributed by atoms with Gasteiger partial charge in [0.2, 0.25) is 5.91 Å². The third kappa shape index (κ3) is 3.79. The van der Waals surface area contributed by atoms with Crippen molar-refractivity contribution in [2.75, 3.05) is 38.0 Å². The van der Waals surface area contributed by atoms with Gasteiger partial charge in [0, 0.05) is 57.0 Å². The van der Waals surface area contributed by atoms with Crippen molar-refractivity contribution in [1.82, 2.24) is 10.2 Å². The lowest BCUT2D eigenvalue weighted by atomic mass is 10.0. The molecule has 0 saturated carbocycles. The smallest absolute Gasteiger partial charge is 0.269 e. The fourth-order valence-corrected chi connectivity index (χ4v) is 3.39. The van der Waals surface area contributed by atoms with Crippen LogP contribution < -0.4 is 10.6 Å². The van der Waals surface area contributed by atoms with E-state index in [0.717, 1.165) is 38.3 Å². The van der Waals surface area contributed by atoms with Crippen LogP contribution in [0.5, 0.6) is 0 Å². The maximum Gasteiger partial charge on any atom is 0.269 e. The summed E-state index contributed by atoms with van der Waals surface area (Å²) >= 11 is 0. The van der Waals surface area contributed by atoms with E-state index in [1.165, 1.54) is 12.1 Å². The highest BCUT2D eigenvalue weighted by molar-refractivity contribution is 5.76. The Morgan fingerprint density at radius 2 is 1.91 bits per heavy atom. The van der Waals surface area contributed by atoms with Gasteiger partial charge in [-0.15, -0.1) is 0 Å². The molecule has 1 amide bonds. The van der Waals surface area contributed by atoms with E-state index in [-0.39, 0.29) is 11.6 Å². The zero-order valence-electron chi connectivity index (χ0n) is 13.0. The molecule has 0 spiro atoms. The van der Waals surface area contributed by atoms with Crippen molar-refractivity contribution in [2.45, 2.75) is 12.8 Å². The molecule has 2 aliphatic heterocycles. The van der Waals surface area contributed by atoms with Crippen molar-refractivity contribution in [2.24, 2.45) is 11.8 Å². The second-order valence-electron chi connectivity index (χ2n) is 6.31. The highest BCUT2D eigenvalue weighted by atomic mass is 16.6. The van der Waals surface area contributed by atoms with E-state index in [4.69, 9.17) is 0 Å². The summed E-state index contributed by atoms with van der Waals surface area (Å²) in [5.41, 5.74) is 0.921. The lowest BCUT2D eigenvalue weighted by Crippen LogP contribution is -2.31. The van der Waals surface area contributed by atoms with Crippen molar-refractivity contribution >= 4 is 17.3 Å². The summed E-state index contributed by atoms with van der Waals surface area (Å²) < 4.78 is 0. The van der Waals surface area contributed by atoms with Crippen LogP contribution in [0.4, 0.5) is 11.4 Å². The quantitative estimate of drug-likeness (QED) is 0.471. The van der Waals surface area contributed by atoms with Crippen molar-refractivity contribution in [1.29, 1.82) is 0 Å². The highest BCUT2D eigenvalue weighted by Gasteiger charge is 2.37. The Labute approximate surface area is 135 Å². The topological polar surface area (TPSA) is 87.5 Å². The number of nitrogens with zero attached hydrogens (tertiary/aromatic N) is 2. The van der Waals surface area contributed by atoms with Gasteiger partial charge in [-0.3, -0.25) is 14.9 Å². The molecule has 0 aliphatic carbocycles. The summed E-state index contributed by atoms with van der Waals surface area (Å²) in [6, 6.07) is 6.33. The molecule has 7 nitrogen and oxygen atoms in total. The first-order valence-electron chi connectivity index (χ1n) is 8.10. The SMILES string of the molecule is O=C(CCCNc1ccc([N+](=O)[O-])cc1)N1C[C@H]2CNC[C@H]2C1. The number of carbonyl (C=O) groups excluding carboxylic acids is 1. The maximum atomic E-state index is 12.2. The number of hydrogen-bond acceptors (Lipinski definition) is 5. The minimum absolute atomic E-state index is 0.0831. The van der Waals surface area contributed by atoms with Crippen LogP contribution in [0.15, 0.2) is 24.3 Å². The standard InChI is InChI=1S/C16H22N4O3/c21-16(19-10-12-8-17-9-13(12)11-19)2-1-7-18-14-3-5-15(6-4-14)20(22)23/h3-6,12-13,17-18H,1-2,7-11H2/t12-,13+. The third-order valence-electron chi connectivity index (χ3n) is 4.72. The van der Waals surface area contributed by atoms with Crippen molar-refractivity contribution in [3.63, 3.8) is 0 Å². The number of nitro groups is 1. The first-order valence-corrected chi connectivity index (χ1v) is 8.10. The Kier molecular flexibility index (Phi) is 4.76.